The smallest absolute Gasteiger partial charge is 1.00 e. The first-order valence-corrected chi connectivity index (χ1v) is 12.7. The predicted molar refractivity (Wildman–Crippen MR) is 124 cm³/mol. The standard InChI is InChI=1S/C23H22N4P2.Au.ClH/c1-5-14-24-20(10-1)28(21-11-2-6-15-25-21)18-9-19-29(22-12-3-7-16-26-22)23-13-4-8-17-27-23;;/h1-8,10-17H,9,18-19H2;;1H/q;+1;/p-1. The van der Waals surface area contributed by atoms with E-state index in [1.807, 2.05) is 49.1 Å². The van der Waals surface area contributed by atoms with Crippen molar-refractivity contribution in [3.63, 3.8) is 0 Å². The van der Waals surface area contributed by atoms with Crippen molar-refractivity contribution in [1.29, 1.82) is 0 Å². The Morgan fingerprint density at radius 2 is 0.774 bits per heavy atom. The van der Waals surface area contributed by atoms with Crippen LogP contribution in [0, 0.1) is 0 Å². The summed E-state index contributed by atoms with van der Waals surface area (Å²) in [6.45, 7) is 0. The van der Waals surface area contributed by atoms with E-state index < -0.39 is 15.8 Å². The van der Waals surface area contributed by atoms with Gasteiger partial charge in [0.05, 0.1) is 21.7 Å². The second-order valence-corrected chi connectivity index (χ2v) is 10.8. The monoisotopic (exact) mass is 648 g/mol. The summed E-state index contributed by atoms with van der Waals surface area (Å²) in [4.78, 5) is 18.6. The number of hydrogen-bond donors (Lipinski definition) is 0. The summed E-state index contributed by atoms with van der Waals surface area (Å²) >= 11 is 0. The summed E-state index contributed by atoms with van der Waals surface area (Å²) in [6.07, 6.45) is 10.7. The summed E-state index contributed by atoms with van der Waals surface area (Å²) in [7, 11) is -1.14. The Labute approximate surface area is 207 Å². The van der Waals surface area contributed by atoms with Gasteiger partial charge in [0.15, 0.2) is 0 Å². The molecule has 162 valence electrons. The number of rotatable bonds is 8. The summed E-state index contributed by atoms with van der Waals surface area (Å²) in [5.41, 5.74) is 4.56. The maximum atomic E-state index is 4.64. The molecule has 4 nitrogen and oxygen atoms in total. The fourth-order valence-corrected chi connectivity index (χ4v) is 7.61. The average molecular weight is 649 g/mol. The molecule has 0 aromatic carbocycles. The van der Waals surface area contributed by atoms with Crippen LogP contribution in [0.4, 0.5) is 0 Å². The molecule has 0 spiro atoms. The second kappa shape index (κ2) is 13.8. The molecule has 4 heterocycles. The van der Waals surface area contributed by atoms with E-state index in [9.17, 15) is 0 Å². The first kappa shape index (κ1) is 25.7. The quantitative estimate of drug-likeness (QED) is 0.203. The second-order valence-electron chi connectivity index (χ2n) is 6.41. The van der Waals surface area contributed by atoms with Crippen molar-refractivity contribution in [3.8, 4) is 0 Å². The fourth-order valence-electron chi connectivity index (χ4n) is 3.13. The molecule has 0 fully saturated rings. The minimum atomic E-state index is -0.572. The number of halogens is 1. The van der Waals surface area contributed by atoms with Crippen molar-refractivity contribution < 1.29 is 34.8 Å². The Kier molecular flexibility index (Phi) is 11.5. The molecule has 0 N–H and O–H groups in total. The number of aromatic nitrogens is 4. The van der Waals surface area contributed by atoms with E-state index in [1.54, 1.807) is 0 Å². The third kappa shape index (κ3) is 7.26. The molecule has 8 heteroatoms. The number of hydrogen-bond acceptors (Lipinski definition) is 4. The van der Waals surface area contributed by atoms with E-state index >= 15 is 0 Å². The van der Waals surface area contributed by atoms with Crippen molar-refractivity contribution in [2.75, 3.05) is 12.3 Å². The summed E-state index contributed by atoms with van der Waals surface area (Å²) in [5.74, 6) is 0. The Balaban J connectivity index is 0.00000171. The zero-order valence-corrected chi connectivity index (χ0v) is 21.4. The normalized spacial score (nSPS) is 10.4. The van der Waals surface area contributed by atoms with Gasteiger partial charge in [-0.05, 0) is 83.1 Å². The van der Waals surface area contributed by atoms with Crippen molar-refractivity contribution in [3.05, 3.63) is 97.6 Å². The van der Waals surface area contributed by atoms with Crippen LogP contribution >= 0.6 is 15.8 Å². The Morgan fingerprint density at radius 1 is 0.484 bits per heavy atom. The van der Waals surface area contributed by atoms with Gasteiger partial charge in [0.1, 0.15) is 0 Å². The fraction of sp³-hybridized carbons (Fsp3) is 0.130. The molecule has 31 heavy (non-hydrogen) atoms. The van der Waals surface area contributed by atoms with Crippen molar-refractivity contribution in [2.24, 2.45) is 0 Å². The van der Waals surface area contributed by atoms with Crippen LogP contribution < -0.4 is 34.1 Å². The minimum Gasteiger partial charge on any atom is -1.00 e. The molecule has 4 aromatic heterocycles. The molecule has 0 saturated heterocycles. The van der Waals surface area contributed by atoms with E-state index in [2.05, 4.69) is 68.5 Å². The van der Waals surface area contributed by atoms with Crippen molar-refractivity contribution in [1.82, 2.24) is 19.9 Å². The van der Waals surface area contributed by atoms with Gasteiger partial charge in [0.25, 0.3) is 0 Å². The first-order chi connectivity index (χ1) is 14.4. The van der Waals surface area contributed by atoms with Gasteiger partial charge in [-0.2, -0.15) is 0 Å². The van der Waals surface area contributed by atoms with Crippen LogP contribution in [-0.4, -0.2) is 32.3 Å². The van der Waals surface area contributed by atoms with E-state index in [0.717, 1.165) is 40.5 Å². The van der Waals surface area contributed by atoms with Gasteiger partial charge < -0.3 is 12.4 Å². The van der Waals surface area contributed by atoms with Gasteiger partial charge in [0.2, 0.25) is 0 Å². The Bertz CT molecular complexity index is 837. The van der Waals surface area contributed by atoms with Crippen LogP contribution in [0.15, 0.2) is 97.6 Å². The molecule has 0 radical (unpaired) electrons. The third-order valence-electron chi connectivity index (χ3n) is 4.47. The van der Waals surface area contributed by atoms with Gasteiger partial charge in [-0.25, -0.2) is 0 Å². The van der Waals surface area contributed by atoms with Crippen LogP contribution in [0.2, 0.25) is 0 Å². The van der Waals surface area contributed by atoms with Gasteiger partial charge in [-0.15, -0.1) is 0 Å². The minimum absolute atomic E-state index is 0. The van der Waals surface area contributed by atoms with Crippen molar-refractivity contribution >= 4 is 37.6 Å². The van der Waals surface area contributed by atoms with Crippen LogP contribution in [-0.2, 0) is 22.4 Å². The van der Waals surface area contributed by atoms with E-state index in [0.29, 0.717) is 0 Å². The van der Waals surface area contributed by atoms with Gasteiger partial charge in [0, 0.05) is 24.8 Å². The maximum absolute atomic E-state index is 4.64. The summed E-state index contributed by atoms with van der Waals surface area (Å²) in [5, 5.41) is 0. The van der Waals surface area contributed by atoms with Crippen LogP contribution in [0.5, 0.6) is 0 Å². The van der Waals surface area contributed by atoms with Crippen LogP contribution in [0.25, 0.3) is 0 Å². The van der Waals surface area contributed by atoms with E-state index in [4.69, 9.17) is 0 Å². The van der Waals surface area contributed by atoms with Gasteiger partial charge >= 0.3 is 22.4 Å². The van der Waals surface area contributed by atoms with E-state index in [1.165, 1.54) is 0 Å². The largest absolute Gasteiger partial charge is 1.00 e. The number of pyridine rings is 4. The Morgan fingerprint density at radius 3 is 1.00 bits per heavy atom. The zero-order valence-electron chi connectivity index (χ0n) is 16.7. The van der Waals surface area contributed by atoms with Gasteiger partial charge in [-0.3, -0.25) is 19.9 Å². The van der Waals surface area contributed by atoms with Crippen LogP contribution in [0.1, 0.15) is 6.42 Å². The van der Waals surface area contributed by atoms with Gasteiger partial charge in [-0.1, -0.05) is 24.3 Å². The average Bonchev–Trinajstić information content (AvgIpc) is 2.81. The topological polar surface area (TPSA) is 51.6 Å². The maximum Gasteiger partial charge on any atom is 1.00 e. The molecule has 4 rings (SSSR count). The number of nitrogens with zero attached hydrogens (tertiary/aromatic N) is 4. The zero-order chi connectivity index (χ0) is 19.7. The van der Waals surface area contributed by atoms with E-state index in [-0.39, 0.29) is 34.8 Å². The summed E-state index contributed by atoms with van der Waals surface area (Å²) < 4.78 is 0. The predicted octanol–water partition coefficient (Wildman–Crippen LogP) is 0.224. The molecular weight excluding hydrogens is 627 g/mol. The SMILES string of the molecule is [Au+].[Cl-].c1ccc(P(CCCP(c2ccccn2)c2ccccn2)c2ccccn2)nc1. The molecule has 0 amide bonds. The van der Waals surface area contributed by atoms with Crippen LogP contribution in [0.3, 0.4) is 0 Å². The molecule has 0 atom stereocenters. The molecule has 0 aliphatic heterocycles. The molecular formula is C23H22AuClN4P2. The molecule has 4 aromatic rings. The molecule has 0 aliphatic rings. The Hall–Kier alpha value is -1.51. The molecule has 0 aliphatic carbocycles. The molecule has 0 saturated carbocycles. The third-order valence-corrected chi connectivity index (χ3v) is 9.26. The first-order valence-electron chi connectivity index (χ1n) is 9.61. The molecule has 0 bridgehead atoms. The molecule has 0 unspecified atom stereocenters. The van der Waals surface area contributed by atoms with Crippen molar-refractivity contribution in [2.45, 2.75) is 6.42 Å². The summed E-state index contributed by atoms with van der Waals surface area (Å²) in [6, 6.07) is 24.6.